The number of rotatable bonds is 3. The van der Waals surface area contributed by atoms with Gasteiger partial charge >= 0.3 is 0 Å². The van der Waals surface area contributed by atoms with E-state index in [2.05, 4.69) is 24.2 Å². The largest absolute Gasteiger partial charge is 0.362 e. The van der Waals surface area contributed by atoms with Crippen molar-refractivity contribution in [2.24, 2.45) is 10.9 Å². The summed E-state index contributed by atoms with van der Waals surface area (Å²) in [5.41, 5.74) is 0. The maximum absolute atomic E-state index is 11.4. The van der Waals surface area contributed by atoms with E-state index in [0.29, 0.717) is 12.0 Å². The molecule has 16 heavy (non-hydrogen) atoms. The minimum atomic E-state index is 0.0431. The van der Waals surface area contributed by atoms with E-state index in [0.717, 1.165) is 10.9 Å². The molecular weight excluding hydrogens is 222 g/mol. The topological polar surface area (TPSA) is 44.7 Å². The molecule has 1 rings (SSSR count). The fourth-order valence-corrected chi connectivity index (χ4v) is 2.38. The number of carbonyl (C=O) groups excluding carboxylic acids is 1. The second-order valence-corrected chi connectivity index (χ2v) is 5.63. The van der Waals surface area contributed by atoms with Gasteiger partial charge in [-0.1, -0.05) is 25.6 Å². The van der Waals surface area contributed by atoms with E-state index in [-0.39, 0.29) is 12.5 Å². The summed E-state index contributed by atoms with van der Waals surface area (Å²) < 4.78 is 0. The number of amides is 1. The number of hydrogen-bond donors (Lipinski definition) is 1. The van der Waals surface area contributed by atoms with Crippen LogP contribution in [-0.4, -0.2) is 48.4 Å². The number of likely N-dealkylation sites (N-methyl/N-ethyl adjacent to an activating group) is 1. The van der Waals surface area contributed by atoms with Gasteiger partial charge in [0.05, 0.1) is 0 Å². The zero-order chi connectivity index (χ0) is 12.1. The average molecular weight is 243 g/mol. The van der Waals surface area contributed by atoms with E-state index in [9.17, 15) is 4.79 Å². The highest BCUT2D eigenvalue weighted by atomic mass is 32.2. The molecule has 4 nitrogen and oxygen atoms in total. The second-order valence-electron chi connectivity index (χ2n) is 4.54. The number of thioether (sulfide) groups is 1. The van der Waals surface area contributed by atoms with Crippen LogP contribution in [0.15, 0.2) is 4.99 Å². The van der Waals surface area contributed by atoms with E-state index < -0.39 is 0 Å². The van der Waals surface area contributed by atoms with Gasteiger partial charge in [0.15, 0.2) is 5.17 Å². The number of nitrogens with one attached hydrogen (secondary N) is 1. The van der Waals surface area contributed by atoms with Gasteiger partial charge in [-0.2, -0.15) is 0 Å². The first kappa shape index (κ1) is 13.4. The van der Waals surface area contributed by atoms with E-state index >= 15 is 0 Å². The molecule has 1 saturated heterocycles. The van der Waals surface area contributed by atoms with Crippen molar-refractivity contribution in [3.05, 3.63) is 0 Å². The molecule has 1 heterocycles. The Morgan fingerprint density at radius 3 is 2.88 bits per heavy atom. The van der Waals surface area contributed by atoms with Crippen molar-refractivity contribution in [1.82, 2.24) is 10.2 Å². The third-order valence-corrected chi connectivity index (χ3v) is 3.60. The summed E-state index contributed by atoms with van der Waals surface area (Å²) in [4.78, 5) is 17.3. The van der Waals surface area contributed by atoms with Crippen molar-refractivity contribution in [1.29, 1.82) is 0 Å². The number of aliphatic imine (C=N–C) groups is 1. The third-order valence-electron chi connectivity index (χ3n) is 2.64. The van der Waals surface area contributed by atoms with Gasteiger partial charge < -0.3 is 10.2 Å². The van der Waals surface area contributed by atoms with Crippen LogP contribution in [0.25, 0.3) is 0 Å². The molecule has 1 amide bonds. The molecule has 1 unspecified atom stereocenters. The van der Waals surface area contributed by atoms with Crippen LogP contribution in [0, 0.1) is 5.92 Å². The molecule has 0 radical (unpaired) electrons. The molecular formula is C11H21N3OS. The molecule has 0 aromatic heterocycles. The monoisotopic (exact) mass is 243 g/mol. The number of hydrogen-bond acceptors (Lipinski definition) is 3. The molecule has 1 atom stereocenters. The molecule has 0 aliphatic carbocycles. The van der Waals surface area contributed by atoms with Crippen LogP contribution in [0.5, 0.6) is 0 Å². The van der Waals surface area contributed by atoms with Crippen molar-refractivity contribution in [3.63, 3.8) is 0 Å². The van der Waals surface area contributed by atoms with Gasteiger partial charge in [0.25, 0.3) is 0 Å². The van der Waals surface area contributed by atoms with E-state index in [1.54, 1.807) is 30.8 Å². The molecule has 92 valence electrons. The van der Waals surface area contributed by atoms with Gasteiger partial charge in [-0.05, 0) is 12.3 Å². The van der Waals surface area contributed by atoms with Gasteiger partial charge in [-0.3, -0.25) is 9.79 Å². The second kappa shape index (κ2) is 6.13. The number of amidine groups is 1. The first-order valence-electron chi connectivity index (χ1n) is 5.64. The predicted octanol–water partition coefficient (Wildman–Crippen LogP) is 1.18. The van der Waals surface area contributed by atoms with E-state index in [1.807, 2.05) is 0 Å². The van der Waals surface area contributed by atoms with Crippen molar-refractivity contribution >= 4 is 22.8 Å². The average Bonchev–Trinajstić information content (AvgIpc) is 2.26. The number of nitrogens with zero attached hydrogens (tertiary/aromatic N) is 2. The van der Waals surface area contributed by atoms with Gasteiger partial charge in [0.1, 0.15) is 6.54 Å². The maximum atomic E-state index is 11.4. The van der Waals surface area contributed by atoms with Crippen molar-refractivity contribution in [2.75, 3.05) is 26.4 Å². The van der Waals surface area contributed by atoms with Crippen LogP contribution < -0.4 is 5.32 Å². The van der Waals surface area contributed by atoms with Crippen LogP contribution in [-0.2, 0) is 4.79 Å². The standard InChI is InChI=1S/C11H21N3OS/c1-8(2)9-5-6-16-11(13-9)12-7-10(15)14(3)4/h8-9H,5-7H2,1-4H3,(H,12,13). The molecule has 0 bridgehead atoms. The zero-order valence-corrected chi connectivity index (χ0v) is 11.3. The summed E-state index contributed by atoms with van der Waals surface area (Å²) in [5.74, 6) is 1.74. The molecule has 1 fully saturated rings. The molecule has 1 aliphatic rings. The van der Waals surface area contributed by atoms with Crippen molar-refractivity contribution in [3.8, 4) is 0 Å². The highest BCUT2D eigenvalue weighted by Crippen LogP contribution is 2.18. The molecule has 0 saturated carbocycles. The van der Waals surface area contributed by atoms with Gasteiger partial charge in [0.2, 0.25) is 5.91 Å². The quantitative estimate of drug-likeness (QED) is 0.809. The minimum Gasteiger partial charge on any atom is -0.362 e. The van der Waals surface area contributed by atoms with Gasteiger partial charge in [0, 0.05) is 25.9 Å². The first-order chi connectivity index (χ1) is 7.50. The number of carbonyl (C=O) groups is 1. The zero-order valence-electron chi connectivity index (χ0n) is 10.5. The van der Waals surface area contributed by atoms with Crippen LogP contribution in [0.1, 0.15) is 20.3 Å². The molecule has 0 aromatic carbocycles. The Balaban J connectivity index is 2.47. The molecule has 1 N–H and O–H groups in total. The summed E-state index contributed by atoms with van der Waals surface area (Å²) in [6, 6.07) is 0.495. The molecule has 0 spiro atoms. The van der Waals surface area contributed by atoms with Crippen LogP contribution in [0.3, 0.4) is 0 Å². The van der Waals surface area contributed by atoms with E-state index in [4.69, 9.17) is 0 Å². The maximum Gasteiger partial charge on any atom is 0.243 e. The van der Waals surface area contributed by atoms with Crippen LogP contribution in [0.4, 0.5) is 0 Å². The lowest BCUT2D eigenvalue weighted by molar-refractivity contribution is -0.127. The Morgan fingerprint density at radius 1 is 1.62 bits per heavy atom. The fraction of sp³-hybridized carbons (Fsp3) is 0.818. The van der Waals surface area contributed by atoms with Gasteiger partial charge in [-0.15, -0.1) is 0 Å². The van der Waals surface area contributed by atoms with E-state index in [1.165, 1.54) is 6.42 Å². The minimum absolute atomic E-state index is 0.0431. The smallest absolute Gasteiger partial charge is 0.243 e. The van der Waals surface area contributed by atoms with Crippen molar-refractivity contribution in [2.45, 2.75) is 26.3 Å². The summed E-state index contributed by atoms with van der Waals surface area (Å²) in [7, 11) is 3.50. The Morgan fingerprint density at radius 2 is 2.31 bits per heavy atom. The highest BCUT2D eigenvalue weighted by molar-refractivity contribution is 8.13. The van der Waals surface area contributed by atoms with Gasteiger partial charge in [-0.25, -0.2) is 0 Å². The summed E-state index contributed by atoms with van der Waals surface area (Å²) >= 11 is 1.71. The lowest BCUT2D eigenvalue weighted by Gasteiger charge is -2.28. The third kappa shape index (κ3) is 4.04. The lowest BCUT2D eigenvalue weighted by atomic mass is 10.0. The Hall–Kier alpha value is -0.710. The highest BCUT2D eigenvalue weighted by Gasteiger charge is 2.20. The van der Waals surface area contributed by atoms with Crippen molar-refractivity contribution < 1.29 is 4.79 Å². The van der Waals surface area contributed by atoms with Crippen LogP contribution in [0.2, 0.25) is 0 Å². The fourth-order valence-electron chi connectivity index (χ4n) is 1.43. The Labute approximate surface area is 102 Å². The SMILES string of the molecule is CC(C)C1CCSC(=NCC(=O)N(C)C)N1. The molecule has 5 heteroatoms. The summed E-state index contributed by atoms with van der Waals surface area (Å²) in [5, 5.41) is 4.31. The van der Waals surface area contributed by atoms with Crippen LogP contribution >= 0.6 is 11.8 Å². The first-order valence-corrected chi connectivity index (χ1v) is 6.63. The predicted molar refractivity (Wildman–Crippen MR) is 69.8 cm³/mol. The Kier molecular flexibility index (Phi) is 5.12. The summed E-state index contributed by atoms with van der Waals surface area (Å²) in [6.07, 6.45) is 1.17. The Bertz CT molecular complexity index is 276. The normalized spacial score (nSPS) is 23.3. The lowest BCUT2D eigenvalue weighted by Crippen LogP contribution is -2.41. The molecule has 0 aromatic rings. The molecule has 1 aliphatic heterocycles. The summed E-state index contributed by atoms with van der Waals surface area (Å²) in [6.45, 7) is 4.65.